The highest BCUT2D eigenvalue weighted by atomic mass is 16.5. The molecule has 1 N–H and O–H groups in total. The molecule has 0 spiro atoms. The van der Waals surface area contributed by atoms with E-state index in [1.165, 1.54) is 12.1 Å². The van der Waals surface area contributed by atoms with E-state index in [2.05, 4.69) is 0 Å². The molecule has 0 atom stereocenters. The first kappa shape index (κ1) is 13.9. The summed E-state index contributed by atoms with van der Waals surface area (Å²) in [6.07, 6.45) is 0. The topological polar surface area (TPSA) is 84.9 Å². The van der Waals surface area contributed by atoms with Crippen LogP contribution < -0.4 is 19.7 Å². The minimum absolute atomic E-state index is 0.255. The number of nitrogens with zero attached hydrogens (tertiary/aromatic N) is 1. The number of benzene rings is 1. The summed E-state index contributed by atoms with van der Waals surface area (Å²) in [4.78, 5) is 35.1. The van der Waals surface area contributed by atoms with E-state index in [-0.39, 0.29) is 5.69 Å². The average Bonchev–Trinajstić information content (AvgIpc) is 2.66. The monoisotopic (exact) mass is 278 g/mol. The van der Waals surface area contributed by atoms with Crippen molar-refractivity contribution >= 4 is 23.5 Å². The van der Waals surface area contributed by atoms with Crippen LogP contribution in [0.3, 0.4) is 0 Å². The van der Waals surface area contributed by atoms with Gasteiger partial charge in [0.25, 0.3) is 0 Å². The molecule has 1 aromatic carbocycles. The molecule has 106 valence electrons. The highest BCUT2D eigenvalue weighted by molar-refractivity contribution is 6.53. The quantitative estimate of drug-likeness (QED) is 0.643. The summed E-state index contributed by atoms with van der Waals surface area (Å²) in [5, 5.41) is 1.93. The smallest absolute Gasteiger partial charge is 0.336 e. The molecule has 0 saturated carbocycles. The lowest BCUT2D eigenvalue weighted by Gasteiger charge is -2.15. The van der Waals surface area contributed by atoms with E-state index in [9.17, 15) is 14.4 Å². The maximum absolute atomic E-state index is 11.6. The fraction of sp³-hybridized carbons (Fsp3) is 0.308. The Kier molecular flexibility index (Phi) is 3.88. The average molecular weight is 278 g/mol. The zero-order chi connectivity index (χ0) is 14.7. The van der Waals surface area contributed by atoms with Gasteiger partial charge in [0.15, 0.2) is 11.5 Å². The van der Waals surface area contributed by atoms with Crippen LogP contribution in [0, 0.1) is 0 Å². The minimum Gasteiger partial charge on any atom is -0.490 e. The van der Waals surface area contributed by atoms with Gasteiger partial charge in [0.1, 0.15) is 0 Å². The third-order valence-electron chi connectivity index (χ3n) is 2.61. The SMILES string of the molecule is CCOc1ccc(N2C(=O)NC(=O)C2=O)cc1OCC. The number of hydrogen-bond acceptors (Lipinski definition) is 5. The molecule has 0 unspecified atom stereocenters. The predicted octanol–water partition coefficient (Wildman–Crippen LogP) is 1.07. The fourth-order valence-electron chi connectivity index (χ4n) is 1.81. The lowest BCUT2D eigenvalue weighted by Crippen LogP contribution is -2.30. The van der Waals surface area contributed by atoms with Crippen molar-refractivity contribution in [3.63, 3.8) is 0 Å². The molecule has 7 nitrogen and oxygen atoms in total. The van der Waals surface area contributed by atoms with Crippen molar-refractivity contribution in [2.75, 3.05) is 18.1 Å². The van der Waals surface area contributed by atoms with Crippen LogP contribution in [0.15, 0.2) is 18.2 Å². The number of ether oxygens (including phenoxy) is 2. The van der Waals surface area contributed by atoms with Gasteiger partial charge in [0.05, 0.1) is 18.9 Å². The summed E-state index contributed by atoms with van der Waals surface area (Å²) >= 11 is 0. The molecule has 1 aromatic rings. The Morgan fingerprint density at radius 1 is 1.05 bits per heavy atom. The first-order chi connectivity index (χ1) is 9.58. The van der Waals surface area contributed by atoms with Crippen LogP contribution in [0.25, 0.3) is 0 Å². The standard InChI is InChI=1S/C13H14N2O5/c1-3-19-9-6-5-8(7-10(9)20-4-2)15-12(17)11(16)14-13(15)18/h5-7H,3-4H2,1-2H3,(H,14,16,18). The van der Waals surface area contributed by atoms with Crippen molar-refractivity contribution in [1.29, 1.82) is 0 Å². The van der Waals surface area contributed by atoms with Crippen LogP contribution in [-0.2, 0) is 9.59 Å². The van der Waals surface area contributed by atoms with Gasteiger partial charge in [-0.15, -0.1) is 0 Å². The second kappa shape index (κ2) is 5.60. The van der Waals surface area contributed by atoms with Crippen LogP contribution in [0.5, 0.6) is 11.5 Å². The number of anilines is 1. The molecule has 0 radical (unpaired) electrons. The molecule has 7 heteroatoms. The van der Waals surface area contributed by atoms with E-state index in [0.717, 1.165) is 4.90 Å². The van der Waals surface area contributed by atoms with Crippen molar-refractivity contribution in [1.82, 2.24) is 5.32 Å². The second-order valence-corrected chi connectivity index (χ2v) is 3.90. The Labute approximate surface area is 115 Å². The third kappa shape index (κ3) is 2.42. The summed E-state index contributed by atoms with van der Waals surface area (Å²) in [7, 11) is 0. The van der Waals surface area contributed by atoms with Crippen LogP contribution in [0.4, 0.5) is 10.5 Å². The molecule has 0 bridgehead atoms. The molecule has 20 heavy (non-hydrogen) atoms. The lowest BCUT2D eigenvalue weighted by molar-refractivity contribution is -0.134. The van der Waals surface area contributed by atoms with Crippen LogP contribution in [0.1, 0.15) is 13.8 Å². The van der Waals surface area contributed by atoms with Gasteiger partial charge in [0, 0.05) is 6.07 Å². The first-order valence-electron chi connectivity index (χ1n) is 6.17. The Morgan fingerprint density at radius 2 is 1.70 bits per heavy atom. The number of nitrogens with one attached hydrogen (secondary N) is 1. The van der Waals surface area contributed by atoms with Gasteiger partial charge >= 0.3 is 17.8 Å². The Hall–Kier alpha value is -2.57. The van der Waals surface area contributed by atoms with Gasteiger partial charge in [-0.2, -0.15) is 0 Å². The summed E-state index contributed by atoms with van der Waals surface area (Å²) in [6.45, 7) is 4.50. The molecule has 2 rings (SSSR count). The zero-order valence-corrected chi connectivity index (χ0v) is 11.1. The molecule has 1 aliphatic rings. The van der Waals surface area contributed by atoms with Crippen molar-refractivity contribution < 1.29 is 23.9 Å². The van der Waals surface area contributed by atoms with Crippen molar-refractivity contribution in [2.24, 2.45) is 0 Å². The molecule has 4 amide bonds. The van der Waals surface area contributed by atoms with Crippen LogP contribution >= 0.6 is 0 Å². The highest BCUT2D eigenvalue weighted by Gasteiger charge is 2.38. The molecule has 0 aliphatic carbocycles. The number of urea groups is 1. The summed E-state index contributed by atoms with van der Waals surface area (Å²) < 4.78 is 10.8. The highest BCUT2D eigenvalue weighted by Crippen LogP contribution is 2.32. The van der Waals surface area contributed by atoms with E-state index in [0.29, 0.717) is 24.7 Å². The van der Waals surface area contributed by atoms with Crippen LogP contribution in [-0.4, -0.2) is 31.1 Å². The molecule has 0 aromatic heterocycles. The minimum atomic E-state index is -0.943. The Balaban J connectivity index is 2.38. The maximum atomic E-state index is 11.6. The van der Waals surface area contributed by atoms with Crippen LogP contribution in [0.2, 0.25) is 0 Å². The number of hydrogen-bond donors (Lipinski definition) is 1. The number of rotatable bonds is 5. The Morgan fingerprint density at radius 3 is 2.25 bits per heavy atom. The van der Waals surface area contributed by atoms with E-state index in [1.807, 2.05) is 12.2 Å². The van der Waals surface area contributed by atoms with Gasteiger partial charge in [0.2, 0.25) is 0 Å². The van der Waals surface area contributed by atoms with Crippen molar-refractivity contribution in [3.05, 3.63) is 18.2 Å². The predicted molar refractivity (Wildman–Crippen MR) is 69.8 cm³/mol. The van der Waals surface area contributed by atoms with Gasteiger partial charge in [-0.3, -0.25) is 14.9 Å². The largest absolute Gasteiger partial charge is 0.490 e. The summed E-state index contributed by atoms with van der Waals surface area (Å²) in [6, 6.07) is 3.83. The van der Waals surface area contributed by atoms with E-state index in [4.69, 9.17) is 9.47 Å². The molecular weight excluding hydrogens is 264 g/mol. The fourth-order valence-corrected chi connectivity index (χ4v) is 1.81. The van der Waals surface area contributed by atoms with Gasteiger partial charge in [-0.25, -0.2) is 9.69 Å². The molecule has 1 fully saturated rings. The van der Waals surface area contributed by atoms with Gasteiger partial charge < -0.3 is 9.47 Å². The summed E-state index contributed by atoms with van der Waals surface area (Å²) in [5.41, 5.74) is 0.255. The number of amides is 4. The second-order valence-electron chi connectivity index (χ2n) is 3.90. The van der Waals surface area contributed by atoms with Gasteiger partial charge in [-0.1, -0.05) is 0 Å². The molecular formula is C13H14N2O5. The number of carbonyl (C=O) groups excluding carboxylic acids is 3. The molecule has 1 heterocycles. The van der Waals surface area contributed by atoms with E-state index in [1.54, 1.807) is 13.0 Å². The van der Waals surface area contributed by atoms with Crippen molar-refractivity contribution in [3.8, 4) is 11.5 Å². The summed E-state index contributed by atoms with van der Waals surface area (Å²) in [5.74, 6) is -0.938. The molecule has 1 aliphatic heterocycles. The third-order valence-corrected chi connectivity index (χ3v) is 2.61. The maximum Gasteiger partial charge on any atom is 0.336 e. The molecule has 1 saturated heterocycles. The lowest BCUT2D eigenvalue weighted by atomic mass is 10.2. The number of imide groups is 2. The van der Waals surface area contributed by atoms with Gasteiger partial charge in [-0.05, 0) is 26.0 Å². The Bertz CT molecular complexity index is 570. The number of carbonyl (C=O) groups is 3. The first-order valence-corrected chi connectivity index (χ1v) is 6.17. The van der Waals surface area contributed by atoms with E-state index >= 15 is 0 Å². The van der Waals surface area contributed by atoms with E-state index < -0.39 is 17.8 Å². The normalized spacial score (nSPS) is 14.5. The van der Waals surface area contributed by atoms with Crippen molar-refractivity contribution in [2.45, 2.75) is 13.8 Å². The zero-order valence-electron chi connectivity index (χ0n) is 11.1.